The molecule has 0 radical (unpaired) electrons. The quantitative estimate of drug-likeness (QED) is 0.650. The number of carbonyl (C=O) groups excluding carboxylic acids is 2. The maximum absolute atomic E-state index is 12.3. The van der Waals surface area contributed by atoms with Crippen molar-refractivity contribution in [3.63, 3.8) is 0 Å². The summed E-state index contributed by atoms with van der Waals surface area (Å²) in [5, 5.41) is 0. The van der Waals surface area contributed by atoms with Crippen molar-refractivity contribution in [1.82, 2.24) is 0 Å². The van der Waals surface area contributed by atoms with E-state index in [9.17, 15) is 9.59 Å². The maximum Gasteiger partial charge on any atom is 0.356 e. The highest BCUT2D eigenvalue weighted by Crippen LogP contribution is 2.55. The Morgan fingerprint density at radius 1 is 0.808 bits per heavy atom. The van der Waals surface area contributed by atoms with Crippen LogP contribution in [0.2, 0.25) is 0 Å². The third-order valence-electron chi connectivity index (χ3n) is 5.45. The number of nitrogens with zero attached hydrogens (tertiary/aromatic N) is 2. The van der Waals surface area contributed by atoms with Crippen molar-refractivity contribution in [2.24, 2.45) is 20.8 Å². The lowest BCUT2D eigenvalue weighted by atomic mass is 9.59. The van der Waals surface area contributed by atoms with Crippen LogP contribution in [0.15, 0.2) is 32.5 Å². The van der Waals surface area contributed by atoms with Gasteiger partial charge in [-0.3, -0.25) is 9.98 Å². The smallest absolute Gasteiger partial charge is 0.356 e. The van der Waals surface area contributed by atoms with Crippen molar-refractivity contribution in [1.29, 1.82) is 0 Å². The zero-order valence-electron chi connectivity index (χ0n) is 16.5. The van der Waals surface area contributed by atoms with E-state index in [-0.39, 0.29) is 0 Å². The SMILES string of the molecule is CCOC(=O)C1=C(CC)C(C)(C2(C)C=NC(C(=O)OCC)=C2CC)C=N1. The molecule has 26 heavy (non-hydrogen) atoms. The lowest BCUT2D eigenvalue weighted by Crippen LogP contribution is -2.41. The Bertz CT molecular complexity index is 670. The summed E-state index contributed by atoms with van der Waals surface area (Å²) in [6.45, 7) is 12.2. The second-order valence-corrected chi connectivity index (χ2v) is 6.72. The largest absolute Gasteiger partial charge is 0.461 e. The van der Waals surface area contributed by atoms with Crippen LogP contribution in [-0.2, 0) is 19.1 Å². The van der Waals surface area contributed by atoms with Gasteiger partial charge in [-0.25, -0.2) is 9.59 Å². The summed E-state index contributed by atoms with van der Waals surface area (Å²) in [4.78, 5) is 33.4. The molecule has 2 rings (SSSR count). The zero-order valence-corrected chi connectivity index (χ0v) is 16.5. The number of esters is 2. The molecular formula is C20H28N2O4. The van der Waals surface area contributed by atoms with Crippen LogP contribution in [0.25, 0.3) is 0 Å². The maximum atomic E-state index is 12.3. The molecule has 2 unspecified atom stereocenters. The molecule has 0 saturated carbocycles. The van der Waals surface area contributed by atoms with Gasteiger partial charge in [0.15, 0.2) is 0 Å². The van der Waals surface area contributed by atoms with Crippen LogP contribution in [0.5, 0.6) is 0 Å². The highest BCUT2D eigenvalue weighted by Gasteiger charge is 2.53. The predicted molar refractivity (Wildman–Crippen MR) is 101 cm³/mol. The van der Waals surface area contributed by atoms with E-state index < -0.39 is 22.8 Å². The second kappa shape index (κ2) is 7.56. The molecule has 0 N–H and O–H groups in total. The van der Waals surface area contributed by atoms with E-state index in [0.717, 1.165) is 11.1 Å². The number of ether oxygens (including phenoxy) is 2. The molecule has 0 aromatic heterocycles. The molecule has 2 atom stereocenters. The molecule has 142 valence electrons. The molecule has 6 nitrogen and oxygen atoms in total. The summed E-state index contributed by atoms with van der Waals surface area (Å²) < 4.78 is 10.3. The second-order valence-electron chi connectivity index (χ2n) is 6.72. The molecule has 0 amide bonds. The fourth-order valence-electron chi connectivity index (χ4n) is 3.91. The Morgan fingerprint density at radius 2 is 1.15 bits per heavy atom. The third kappa shape index (κ3) is 2.91. The van der Waals surface area contributed by atoms with Crippen LogP contribution in [0.4, 0.5) is 0 Å². The minimum atomic E-state index is -0.563. The minimum absolute atomic E-state index is 0.303. The van der Waals surface area contributed by atoms with E-state index in [4.69, 9.17) is 9.47 Å². The van der Waals surface area contributed by atoms with E-state index >= 15 is 0 Å². The van der Waals surface area contributed by atoms with Crippen LogP contribution < -0.4 is 0 Å². The average molecular weight is 360 g/mol. The summed E-state index contributed by atoms with van der Waals surface area (Å²) in [7, 11) is 0. The van der Waals surface area contributed by atoms with Gasteiger partial charge in [0.1, 0.15) is 11.4 Å². The van der Waals surface area contributed by atoms with Gasteiger partial charge in [-0.1, -0.05) is 13.8 Å². The molecule has 0 aliphatic carbocycles. The van der Waals surface area contributed by atoms with E-state index in [1.807, 2.05) is 27.7 Å². The molecule has 6 heteroatoms. The first kappa shape index (κ1) is 20.1. The van der Waals surface area contributed by atoms with Crippen molar-refractivity contribution in [2.75, 3.05) is 13.2 Å². The van der Waals surface area contributed by atoms with E-state index in [1.165, 1.54) is 0 Å². The van der Waals surface area contributed by atoms with Crippen LogP contribution in [0, 0.1) is 10.8 Å². The Hall–Kier alpha value is -2.24. The summed E-state index contributed by atoms with van der Waals surface area (Å²) in [5.74, 6) is -0.814. The van der Waals surface area contributed by atoms with Gasteiger partial charge in [0.05, 0.1) is 13.2 Å². The highest BCUT2D eigenvalue weighted by atomic mass is 16.5. The van der Waals surface area contributed by atoms with Crippen molar-refractivity contribution in [3.8, 4) is 0 Å². The van der Waals surface area contributed by atoms with Gasteiger partial charge in [-0.2, -0.15) is 0 Å². The van der Waals surface area contributed by atoms with E-state index in [1.54, 1.807) is 26.3 Å². The molecule has 2 heterocycles. The molecule has 0 aromatic carbocycles. The lowest BCUT2D eigenvalue weighted by Gasteiger charge is -2.41. The van der Waals surface area contributed by atoms with Gasteiger partial charge in [-0.15, -0.1) is 0 Å². The van der Waals surface area contributed by atoms with Gasteiger partial charge >= 0.3 is 11.9 Å². The number of allylic oxidation sites excluding steroid dienone is 2. The summed E-state index contributed by atoms with van der Waals surface area (Å²) in [6, 6.07) is 0. The van der Waals surface area contributed by atoms with Gasteiger partial charge in [0, 0.05) is 23.3 Å². The average Bonchev–Trinajstić information content (AvgIpc) is 3.14. The fraction of sp³-hybridized carbons (Fsp3) is 0.600. The first-order valence-corrected chi connectivity index (χ1v) is 9.22. The van der Waals surface area contributed by atoms with Gasteiger partial charge in [0.25, 0.3) is 0 Å². The molecule has 0 spiro atoms. The summed E-state index contributed by atoms with van der Waals surface area (Å²) in [5.41, 5.74) is 1.42. The van der Waals surface area contributed by atoms with Crippen LogP contribution in [-0.4, -0.2) is 37.6 Å². The van der Waals surface area contributed by atoms with E-state index in [2.05, 4.69) is 9.98 Å². The topological polar surface area (TPSA) is 77.3 Å². The number of carbonyl (C=O) groups is 2. The number of hydrogen-bond donors (Lipinski definition) is 0. The third-order valence-corrected chi connectivity index (χ3v) is 5.45. The van der Waals surface area contributed by atoms with Crippen LogP contribution >= 0.6 is 0 Å². The zero-order chi connectivity index (χ0) is 19.5. The number of aliphatic imine (C=N–C) groups is 2. The minimum Gasteiger partial charge on any atom is -0.461 e. The Balaban J connectivity index is 2.55. The lowest BCUT2D eigenvalue weighted by molar-refractivity contribution is -0.139. The first-order chi connectivity index (χ1) is 12.3. The van der Waals surface area contributed by atoms with Gasteiger partial charge < -0.3 is 9.47 Å². The van der Waals surface area contributed by atoms with Crippen molar-refractivity contribution >= 4 is 24.4 Å². The predicted octanol–water partition coefficient (Wildman–Crippen LogP) is 3.62. The molecule has 0 bridgehead atoms. The Labute approximate surface area is 155 Å². The van der Waals surface area contributed by atoms with Crippen LogP contribution in [0.3, 0.4) is 0 Å². The van der Waals surface area contributed by atoms with Crippen molar-refractivity contribution in [3.05, 3.63) is 22.5 Å². The first-order valence-electron chi connectivity index (χ1n) is 9.22. The Morgan fingerprint density at radius 3 is 1.42 bits per heavy atom. The van der Waals surface area contributed by atoms with E-state index in [0.29, 0.717) is 37.4 Å². The van der Waals surface area contributed by atoms with Crippen LogP contribution in [0.1, 0.15) is 54.4 Å². The summed E-state index contributed by atoms with van der Waals surface area (Å²) in [6.07, 6.45) is 4.90. The van der Waals surface area contributed by atoms with Gasteiger partial charge in [0.2, 0.25) is 0 Å². The summed E-state index contributed by atoms with van der Waals surface area (Å²) >= 11 is 0. The van der Waals surface area contributed by atoms with Crippen molar-refractivity contribution in [2.45, 2.75) is 54.4 Å². The molecule has 0 aromatic rings. The standard InChI is InChI=1S/C20H28N2O4/c1-7-13-15(17(23)25-9-3)21-11-19(13,5)20(6)12-22-16(14(20)8-2)18(24)26-10-4/h11-12H,7-10H2,1-6H3. The molecule has 2 aliphatic heterocycles. The number of rotatable bonds is 7. The molecule has 0 fully saturated rings. The fourth-order valence-corrected chi connectivity index (χ4v) is 3.91. The van der Waals surface area contributed by atoms with Gasteiger partial charge in [-0.05, 0) is 51.7 Å². The Kier molecular flexibility index (Phi) is 5.84. The molecular weight excluding hydrogens is 332 g/mol. The number of hydrogen-bond acceptors (Lipinski definition) is 6. The molecule has 0 saturated heterocycles. The monoisotopic (exact) mass is 360 g/mol. The highest BCUT2D eigenvalue weighted by molar-refractivity contribution is 6.01. The van der Waals surface area contributed by atoms with Crippen molar-refractivity contribution < 1.29 is 19.1 Å². The molecule has 2 aliphatic rings. The normalized spacial score (nSPS) is 27.5.